The molecule has 3 saturated heterocycles. The summed E-state index contributed by atoms with van der Waals surface area (Å²) >= 11 is 0. The van der Waals surface area contributed by atoms with Crippen molar-refractivity contribution in [2.75, 3.05) is 73.6 Å². The molecule has 2 aromatic carbocycles. The zero-order valence-electron chi connectivity index (χ0n) is 27.7. The first-order chi connectivity index (χ1) is 23.2. The van der Waals surface area contributed by atoms with Crippen molar-refractivity contribution in [3.63, 3.8) is 0 Å². The Bertz CT molecular complexity index is 1640. The smallest absolute Gasteiger partial charge is 0.247 e. The maximum Gasteiger partial charge on any atom is 0.247 e. The van der Waals surface area contributed by atoms with Crippen LogP contribution in [0.15, 0.2) is 55.4 Å². The molecule has 13 heteroatoms. The van der Waals surface area contributed by atoms with Gasteiger partial charge in [-0.2, -0.15) is 0 Å². The first-order valence-corrected chi connectivity index (χ1v) is 16.4. The molecule has 1 aromatic heterocycles. The lowest BCUT2D eigenvalue weighted by molar-refractivity contribution is -0.131. The largest absolute Gasteiger partial charge is 0.494 e. The number of carbonyl (C=O) groups excluding carboxylic acids is 2. The number of ether oxygens (including phenoxy) is 1. The number of piperidine rings is 1. The molecule has 3 aliphatic heterocycles. The van der Waals surface area contributed by atoms with Gasteiger partial charge in [-0.15, -0.1) is 0 Å². The number of hydrogen-bond acceptors (Lipinski definition) is 10. The number of halogens is 1. The summed E-state index contributed by atoms with van der Waals surface area (Å²) in [6, 6.07) is 10.8. The number of anilines is 5. The molecule has 4 heterocycles. The number of methoxy groups -OCH3 is 1. The summed E-state index contributed by atoms with van der Waals surface area (Å²) in [5, 5.41) is 8.01. The fourth-order valence-corrected chi connectivity index (χ4v) is 6.88. The average molecular weight is 659 g/mol. The lowest BCUT2D eigenvalue weighted by atomic mass is 10.0. The van der Waals surface area contributed by atoms with Crippen LogP contribution in [0, 0.1) is 12.7 Å². The summed E-state index contributed by atoms with van der Waals surface area (Å²) < 4.78 is 20.1. The highest BCUT2D eigenvalue weighted by atomic mass is 19.1. The maximum atomic E-state index is 14.2. The van der Waals surface area contributed by atoms with Crippen LogP contribution in [0.5, 0.6) is 5.75 Å². The van der Waals surface area contributed by atoms with Crippen LogP contribution in [0.25, 0.3) is 0 Å². The predicted molar refractivity (Wildman–Crippen MR) is 183 cm³/mol. The molecule has 0 radical (unpaired) electrons. The molecule has 2 N–H and O–H groups in total. The van der Waals surface area contributed by atoms with Crippen LogP contribution in [-0.4, -0.2) is 90.6 Å². The Kier molecular flexibility index (Phi) is 10.1. The van der Waals surface area contributed by atoms with Crippen LogP contribution < -0.4 is 25.3 Å². The number of hydrogen-bond donors (Lipinski definition) is 2. The maximum absolute atomic E-state index is 14.2. The minimum Gasteiger partial charge on any atom is -0.494 e. The third-order valence-electron chi connectivity index (χ3n) is 9.34. The highest BCUT2D eigenvalue weighted by molar-refractivity contribution is 6.02. The Labute approximate surface area is 280 Å². The second-order valence-corrected chi connectivity index (χ2v) is 12.4. The number of aromatic nitrogens is 2. The van der Waals surface area contributed by atoms with Gasteiger partial charge in [0.15, 0.2) is 5.82 Å². The minimum atomic E-state index is -0.320. The summed E-state index contributed by atoms with van der Waals surface area (Å²) in [5.41, 5.74) is 3.73. The standard InChI is InChI=1S/C35H43FN8O4/c1-5-35(46)40-28-19-29(32(47-4)20-31(28)43-9-6-27(7-10-43)42-13-11-41(12-14-42)24(3)45)39-33-21-34(38-22-37-33)44-30(8-15-48-44)25-16-23(2)17-26(36)18-25/h5,16-22,27,30H,1,6-15H2,2-4H3,(H,40,46)(H,37,38,39)/t30-/m1/s1. The van der Waals surface area contributed by atoms with E-state index < -0.39 is 0 Å². The zero-order chi connectivity index (χ0) is 33.8. The number of benzene rings is 2. The number of carbonyl (C=O) groups is 2. The van der Waals surface area contributed by atoms with E-state index in [0.717, 1.165) is 68.9 Å². The van der Waals surface area contributed by atoms with Gasteiger partial charge in [0.1, 0.15) is 23.7 Å². The summed E-state index contributed by atoms with van der Waals surface area (Å²) in [5.74, 6) is 1.12. The Balaban J connectivity index is 1.20. The Hall–Kier alpha value is -4.75. The number of aryl methyl sites for hydroxylation is 1. The molecular weight excluding hydrogens is 615 g/mol. The van der Waals surface area contributed by atoms with Gasteiger partial charge in [-0.25, -0.2) is 19.4 Å². The van der Waals surface area contributed by atoms with Gasteiger partial charge in [-0.1, -0.05) is 12.6 Å². The Morgan fingerprint density at radius 1 is 1.00 bits per heavy atom. The lowest BCUT2D eigenvalue weighted by Crippen LogP contribution is -2.54. The van der Waals surface area contributed by atoms with E-state index in [9.17, 15) is 14.0 Å². The number of hydroxylamine groups is 1. The third kappa shape index (κ3) is 7.37. The number of nitrogens with one attached hydrogen (secondary N) is 2. The molecule has 254 valence electrons. The van der Waals surface area contributed by atoms with Gasteiger partial charge in [0, 0.05) is 70.8 Å². The van der Waals surface area contributed by atoms with E-state index in [-0.39, 0.29) is 23.7 Å². The first kappa shape index (κ1) is 33.2. The quantitative estimate of drug-likeness (QED) is 0.310. The van der Waals surface area contributed by atoms with Gasteiger partial charge in [0.05, 0.1) is 36.8 Å². The molecule has 48 heavy (non-hydrogen) atoms. The highest BCUT2D eigenvalue weighted by Gasteiger charge is 2.31. The van der Waals surface area contributed by atoms with Crippen molar-refractivity contribution in [2.24, 2.45) is 0 Å². The van der Waals surface area contributed by atoms with Crippen LogP contribution in [0.4, 0.5) is 33.1 Å². The van der Waals surface area contributed by atoms with Crippen molar-refractivity contribution in [1.82, 2.24) is 19.8 Å². The summed E-state index contributed by atoms with van der Waals surface area (Å²) in [6.07, 6.45) is 5.31. The van der Waals surface area contributed by atoms with Crippen LogP contribution in [0.3, 0.4) is 0 Å². The molecule has 6 rings (SSSR count). The van der Waals surface area contributed by atoms with Gasteiger partial charge < -0.3 is 25.2 Å². The van der Waals surface area contributed by atoms with Crippen molar-refractivity contribution < 1.29 is 23.6 Å². The molecule has 2 amide bonds. The van der Waals surface area contributed by atoms with Gasteiger partial charge in [0.25, 0.3) is 0 Å². The molecule has 3 aromatic rings. The summed E-state index contributed by atoms with van der Waals surface area (Å²) in [6.45, 7) is 12.5. The fourth-order valence-electron chi connectivity index (χ4n) is 6.88. The van der Waals surface area contributed by atoms with Crippen molar-refractivity contribution >= 4 is 40.5 Å². The van der Waals surface area contributed by atoms with E-state index in [1.165, 1.54) is 24.5 Å². The zero-order valence-corrected chi connectivity index (χ0v) is 27.7. The molecule has 0 spiro atoms. The van der Waals surface area contributed by atoms with Crippen molar-refractivity contribution in [2.45, 2.75) is 45.2 Å². The van der Waals surface area contributed by atoms with Crippen LogP contribution in [-0.2, 0) is 14.4 Å². The lowest BCUT2D eigenvalue weighted by Gasteiger charge is -2.43. The predicted octanol–water partition coefficient (Wildman–Crippen LogP) is 4.82. The van der Waals surface area contributed by atoms with E-state index in [4.69, 9.17) is 9.57 Å². The molecule has 1 atom stereocenters. The van der Waals surface area contributed by atoms with Crippen LogP contribution in [0.1, 0.15) is 43.4 Å². The topological polar surface area (TPSA) is 115 Å². The van der Waals surface area contributed by atoms with Gasteiger partial charge in [-0.3, -0.25) is 19.3 Å². The highest BCUT2D eigenvalue weighted by Crippen LogP contribution is 2.41. The molecule has 3 fully saturated rings. The summed E-state index contributed by atoms with van der Waals surface area (Å²) in [7, 11) is 1.61. The SMILES string of the molecule is C=CC(=O)Nc1cc(Nc2cc(N3OCC[C@@H]3c3cc(C)cc(F)c3)ncn2)c(OC)cc1N1CCC(N2CCN(C(C)=O)CC2)CC1. The number of amides is 2. The van der Waals surface area contributed by atoms with Crippen molar-refractivity contribution in [3.05, 3.63) is 72.3 Å². The number of nitrogens with zero attached hydrogens (tertiary/aromatic N) is 6. The first-order valence-electron chi connectivity index (χ1n) is 16.4. The van der Waals surface area contributed by atoms with E-state index in [0.29, 0.717) is 47.8 Å². The minimum absolute atomic E-state index is 0.135. The monoisotopic (exact) mass is 658 g/mol. The molecular formula is C35H43FN8O4. The van der Waals surface area contributed by atoms with Crippen molar-refractivity contribution in [1.29, 1.82) is 0 Å². The Morgan fingerprint density at radius 3 is 2.46 bits per heavy atom. The van der Waals surface area contributed by atoms with E-state index >= 15 is 0 Å². The fraction of sp³-hybridized carbons (Fsp3) is 0.429. The molecule has 0 aliphatic carbocycles. The van der Waals surface area contributed by atoms with E-state index in [1.807, 2.05) is 30.0 Å². The molecule has 0 saturated carbocycles. The number of rotatable bonds is 9. The average Bonchev–Trinajstić information content (AvgIpc) is 3.59. The van der Waals surface area contributed by atoms with Crippen LogP contribution in [0.2, 0.25) is 0 Å². The molecule has 0 unspecified atom stereocenters. The van der Waals surface area contributed by atoms with E-state index in [1.54, 1.807) is 25.2 Å². The van der Waals surface area contributed by atoms with Gasteiger partial charge in [0.2, 0.25) is 11.8 Å². The molecule has 3 aliphatic rings. The second kappa shape index (κ2) is 14.6. The van der Waals surface area contributed by atoms with Crippen molar-refractivity contribution in [3.8, 4) is 5.75 Å². The van der Waals surface area contributed by atoms with Crippen LogP contribution >= 0.6 is 0 Å². The number of piperazine rings is 1. The van der Waals surface area contributed by atoms with Gasteiger partial charge >= 0.3 is 0 Å². The van der Waals surface area contributed by atoms with Gasteiger partial charge in [-0.05, 0) is 55.2 Å². The third-order valence-corrected chi connectivity index (χ3v) is 9.34. The summed E-state index contributed by atoms with van der Waals surface area (Å²) in [4.78, 5) is 45.8. The molecule has 12 nitrogen and oxygen atoms in total. The normalized spacial score (nSPS) is 18.9. The Morgan fingerprint density at radius 2 is 1.77 bits per heavy atom. The van der Waals surface area contributed by atoms with E-state index in [2.05, 4.69) is 37.0 Å². The second-order valence-electron chi connectivity index (χ2n) is 12.4. The molecule has 0 bridgehead atoms.